The third-order valence-corrected chi connectivity index (χ3v) is 4.00. The minimum atomic E-state index is -3.67. The normalized spacial score (nSPS) is 11.2. The Labute approximate surface area is 121 Å². The maximum Gasteiger partial charge on any atom is 0.274 e. The fraction of sp³-hybridized carbons (Fsp3) is 0.154. The van der Waals surface area contributed by atoms with Crippen LogP contribution in [-0.2, 0) is 21.2 Å². The lowest BCUT2D eigenvalue weighted by molar-refractivity contribution is -0.385. The Morgan fingerprint density at radius 3 is 2.52 bits per heavy atom. The summed E-state index contributed by atoms with van der Waals surface area (Å²) in [7, 11) is -3.67. The van der Waals surface area contributed by atoms with Crippen molar-refractivity contribution in [3.05, 3.63) is 64.3 Å². The van der Waals surface area contributed by atoms with Gasteiger partial charge in [0.1, 0.15) is 0 Å². The molecule has 0 N–H and O–H groups in total. The summed E-state index contributed by atoms with van der Waals surface area (Å²) in [6.07, 6.45) is 1.37. The zero-order valence-electron chi connectivity index (χ0n) is 10.9. The second kappa shape index (κ2) is 6.42. The van der Waals surface area contributed by atoms with Crippen LogP contribution in [0.2, 0.25) is 0 Å². The first-order valence-electron chi connectivity index (χ1n) is 5.94. The van der Waals surface area contributed by atoms with Gasteiger partial charge in [0, 0.05) is 12.3 Å². The molecular weight excluding hydrogens is 296 g/mol. The number of pyridine rings is 1. The average Bonchev–Trinajstić information content (AvgIpc) is 2.48. The average molecular weight is 308 g/mol. The topological polar surface area (TPSA) is 99.4 Å². The van der Waals surface area contributed by atoms with Crippen molar-refractivity contribution in [3.63, 3.8) is 0 Å². The molecule has 0 amide bonds. The van der Waals surface area contributed by atoms with Crippen LogP contribution in [-0.4, -0.2) is 24.3 Å². The highest BCUT2D eigenvalue weighted by Crippen LogP contribution is 2.19. The molecule has 0 saturated heterocycles. The van der Waals surface area contributed by atoms with Gasteiger partial charge >= 0.3 is 0 Å². The fourth-order valence-corrected chi connectivity index (χ4v) is 2.59. The molecule has 1 heterocycles. The van der Waals surface area contributed by atoms with Gasteiger partial charge in [0.2, 0.25) is 9.84 Å². The van der Waals surface area contributed by atoms with Crippen LogP contribution in [0, 0.1) is 10.1 Å². The molecule has 0 aliphatic heterocycles. The Kier molecular flexibility index (Phi) is 4.61. The molecule has 0 saturated carbocycles. The van der Waals surface area contributed by atoms with Crippen LogP contribution < -0.4 is 0 Å². The van der Waals surface area contributed by atoms with Gasteiger partial charge in [-0.25, -0.2) is 13.4 Å². The predicted octanol–water partition coefficient (Wildman–Crippen LogP) is 1.94. The first-order valence-corrected chi connectivity index (χ1v) is 7.60. The number of hydrogen-bond acceptors (Lipinski definition) is 6. The summed E-state index contributed by atoms with van der Waals surface area (Å²) in [5.74, 6) is -0.587. The van der Waals surface area contributed by atoms with Crippen LogP contribution in [0.3, 0.4) is 0 Å². The summed E-state index contributed by atoms with van der Waals surface area (Å²) in [4.78, 5) is 14.0. The van der Waals surface area contributed by atoms with Crippen molar-refractivity contribution >= 4 is 15.5 Å². The van der Waals surface area contributed by atoms with Gasteiger partial charge in [-0.05, 0) is 18.2 Å². The van der Waals surface area contributed by atoms with Crippen LogP contribution in [0.4, 0.5) is 5.69 Å². The van der Waals surface area contributed by atoms with Gasteiger partial charge in [-0.3, -0.25) is 10.1 Å². The van der Waals surface area contributed by atoms with Crippen LogP contribution in [0.1, 0.15) is 5.56 Å². The number of hydrogen-bond donors (Lipinski definition) is 0. The van der Waals surface area contributed by atoms with Gasteiger partial charge in [0.25, 0.3) is 5.69 Å². The van der Waals surface area contributed by atoms with E-state index in [1.165, 1.54) is 30.5 Å². The highest BCUT2D eigenvalue weighted by molar-refractivity contribution is 7.91. The molecule has 0 bridgehead atoms. The Bertz CT molecular complexity index is 731. The largest absolute Gasteiger partial charge is 0.360 e. The second-order valence-electron chi connectivity index (χ2n) is 4.13. The summed E-state index contributed by atoms with van der Waals surface area (Å²) in [6, 6.07) is 10.5. The predicted molar refractivity (Wildman–Crippen MR) is 74.2 cm³/mol. The third-order valence-electron chi connectivity index (χ3n) is 2.64. The van der Waals surface area contributed by atoms with Gasteiger partial charge < -0.3 is 4.74 Å². The Morgan fingerprint density at radius 2 is 1.86 bits per heavy atom. The van der Waals surface area contributed by atoms with Gasteiger partial charge in [-0.15, -0.1) is 0 Å². The van der Waals surface area contributed by atoms with Crippen molar-refractivity contribution in [2.45, 2.75) is 11.6 Å². The first kappa shape index (κ1) is 15.1. The maximum atomic E-state index is 11.9. The van der Waals surface area contributed by atoms with E-state index in [1.54, 1.807) is 18.2 Å². The zero-order valence-corrected chi connectivity index (χ0v) is 11.7. The Hall–Kier alpha value is -2.32. The second-order valence-corrected chi connectivity index (χ2v) is 6.02. The molecule has 110 valence electrons. The van der Waals surface area contributed by atoms with E-state index in [1.807, 2.05) is 0 Å². The molecule has 1 aromatic carbocycles. The quantitative estimate of drug-likeness (QED) is 0.597. The molecular formula is C13H12N2O5S. The molecule has 2 rings (SSSR count). The number of aromatic nitrogens is 1. The van der Waals surface area contributed by atoms with E-state index in [0.717, 1.165) is 0 Å². The Morgan fingerprint density at radius 1 is 1.14 bits per heavy atom. The SMILES string of the molecule is O=[N+]([O-])c1ccccc1COCS(=O)(=O)c1ccccn1. The standard InChI is InChI=1S/C13H12N2O5S/c16-15(17)12-6-2-1-5-11(12)9-20-10-21(18,19)13-7-3-4-8-14-13/h1-8H,9-10H2. The number of rotatable bonds is 6. The number of ether oxygens (including phenoxy) is 1. The van der Waals surface area contributed by atoms with E-state index in [-0.39, 0.29) is 17.3 Å². The summed E-state index contributed by atoms with van der Waals surface area (Å²) in [6.45, 7) is -0.163. The number of sulfone groups is 1. The van der Waals surface area contributed by atoms with Gasteiger partial charge in [0.05, 0.1) is 17.1 Å². The number of nitrogens with zero attached hydrogens (tertiary/aromatic N) is 2. The van der Waals surface area contributed by atoms with Crippen molar-refractivity contribution in [3.8, 4) is 0 Å². The number of nitro groups is 1. The molecule has 7 nitrogen and oxygen atoms in total. The van der Waals surface area contributed by atoms with E-state index in [2.05, 4.69) is 4.98 Å². The molecule has 21 heavy (non-hydrogen) atoms. The van der Waals surface area contributed by atoms with Crippen molar-refractivity contribution < 1.29 is 18.1 Å². The molecule has 0 aliphatic rings. The lowest BCUT2D eigenvalue weighted by atomic mass is 10.2. The summed E-state index contributed by atoms with van der Waals surface area (Å²) < 4.78 is 28.9. The number of para-hydroxylation sites is 1. The number of nitro benzene ring substituents is 1. The van der Waals surface area contributed by atoms with E-state index >= 15 is 0 Å². The van der Waals surface area contributed by atoms with Crippen molar-refractivity contribution in [1.82, 2.24) is 4.98 Å². The van der Waals surface area contributed by atoms with Crippen LogP contribution >= 0.6 is 0 Å². The smallest absolute Gasteiger partial charge is 0.274 e. The van der Waals surface area contributed by atoms with Gasteiger partial charge in [-0.2, -0.15) is 0 Å². The van der Waals surface area contributed by atoms with Crippen molar-refractivity contribution in [1.29, 1.82) is 0 Å². The molecule has 0 aliphatic carbocycles. The Balaban J connectivity index is 2.04. The molecule has 0 unspecified atom stereocenters. The van der Waals surface area contributed by atoms with Gasteiger partial charge in [0.15, 0.2) is 11.0 Å². The molecule has 2 aromatic rings. The fourth-order valence-electron chi connectivity index (χ4n) is 1.66. The lowest BCUT2D eigenvalue weighted by Gasteiger charge is -2.06. The van der Waals surface area contributed by atoms with Crippen LogP contribution in [0.5, 0.6) is 0 Å². The van der Waals surface area contributed by atoms with E-state index < -0.39 is 20.7 Å². The van der Waals surface area contributed by atoms with E-state index in [4.69, 9.17) is 4.74 Å². The van der Waals surface area contributed by atoms with Crippen LogP contribution in [0.25, 0.3) is 0 Å². The first-order chi connectivity index (χ1) is 10.0. The minimum absolute atomic E-state index is 0.0902. The maximum absolute atomic E-state index is 11.9. The summed E-state index contributed by atoms with van der Waals surface area (Å²) >= 11 is 0. The lowest BCUT2D eigenvalue weighted by Crippen LogP contribution is -2.12. The van der Waals surface area contributed by atoms with Crippen LogP contribution in [0.15, 0.2) is 53.7 Å². The monoisotopic (exact) mass is 308 g/mol. The van der Waals surface area contributed by atoms with Gasteiger partial charge in [-0.1, -0.05) is 18.2 Å². The summed E-state index contributed by atoms with van der Waals surface area (Å²) in [5.41, 5.74) is 0.214. The minimum Gasteiger partial charge on any atom is -0.360 e. The molecule has 1 aromatic heterocycles. The van der Waals surface area contributed by atoms with E-state index in [0.29, 0.717) is 5.56 Å². The molecule has 0 spiro atoms. The molecule has 0 radical (unpaired) electrons. The van der Waals surface area contributed by atoms with Crippen molar-refractivity contribution in [2.75, 3.05) is 5.94 Å². The van der Waals surface area contributed by atoms with Crippen molar-refractivity contribution in [2.24, 2.45) is 0 Å². The van der Waals surface area contributed by atoms with E-state index in [9.17, 15) is 18.5 Å². The number of benzene rings is 1. The third kappa shape index (κ3) is 3.83. The summed E-state index contributed by atoms with van der Waals surface area (Å²) in [5, 5.41) is 10.7. The zero-order chi connectivity index (χ0) is 15.3. The molecule has 0 atom stereocenters. The highest BCUT2D eigenvalue weighted by atomic mass is 32.2. The molecule has 8 heteroatoms. The highest BCUT2D eigenvalue weighted by Gasteiger charge is 2.17. The molecule has 0 fully saturated rings.